The van der Waals surface area contributed by atoms with E-state index in [0.29, 0.717) is 29.7 Å². The maximum absolute atomic E-state index is 13.2. The average molecular weight is 541 g/mol. The molecule has 1 aromatic carbocycles. The Labute approximate surface area is 230 Å². The summed E-state index contributed by atoms with van der Waals surface area (Å²) in [6, 6.07) is 9.63. The first-order chi connectivity index (χ1) is 18.8. The molecule has 212 valence electrons. The number of nitrogens with two attached hydrogens (primary N) is 1. The third kappa shape index (κ3) is 6.87. The summed E-state index contributed by atoms with van der Waals surface area (Å²) in [5.74, 6) is 2.59. The number of aryl methyl sites for hydroxylation is 2. The monoisotopic (exact) mass is 540 g/mol. The zero-order valence-electron chi connectivity index (χ0n) is 23.6. The minimum atomic E-state index is -0.699. The number of imidazole rings is 1. The molecule has 0 bridgehead atoms. The Kier molecular flexibility index (Phi) is 9.77. The number of rotatable bonds is 12. The van der Waals surface area contributed by atoms with Gasteiger partial charge in [-0.05, 0) is 57.9 Å². The predicted octanol–water partition coefficient (Wildman–Crippen LogP) is 2.33. The third-order valence-corrected chi connectivity index (χ3v) is 7.26. The van der Waals surface area contributed by atoms with E-state index >= 15 is 0 Å². The number of amides is 1. The SMILES string of the molecule is CCn1c(CN)[n+](CC2CCOCC2)c2ccc(OCC(=O)N(Cc3nc(C)ccc3OC)CC(C)O)cc21. The normalized spacial score (nSPS) is 14.9. The van der Waals surface area contributed by atoms with Crippen molar-refractivity contribution in [2.45, 2.75) is 65.9 Å². The summed E-state index contributed by atoms with van der Waals surface area (Å²) in [5, 5.41) is 10.1. The summed E-state index contributed by atoms with van der Waals surface area (Å²) in [7, 11) is 1.57. The van der Waals surface area contributed by atoms with Crippen molar-refractivity contribution in [3.8, 4) is 11.5 Å². The van der Waals surface area contributed by atoms with Crippen molar-refractivity contribution in [1.29, 1.82) is 0 Å². The molecular formula is C29H42N5O5+. The van der Waals surface area contributed by atoms with Crippen molar-refractivity contribution < 1.29 is 28.7 Å². The second-order valence-corrected chi connectivity index (χ2v) is 10.2. The van der Waals surface area contributed by atoms with Gasteiger partial charge in [0.05, 0.1) is 39.4 Å². The smallest absolute Gasteiger partial charge is 0.271 e. The van der Waals surface area contributed by atoms with E-state index in [1.54, 1.807) is 18.9 Å². The molecule has 1 saturated heterocycles. The Balaban J connectivity index is 1.53. The number of fused-ring (bicyclic) bond motifs is 1. The maximum Gasteiger partial charge on any atom is 0.271 e. The molecule has 2 aromatic heterocycles. The fourth-order valence-corrected chi connectivity index (χ4v) is 5.31. The molecule has 1 aliphatic heterocycles. The van der Waals surface area contributed by atoms with Crippen LogP contribution in [-0.2, 0) is 35.7 Å². The molecular weight excluding hydrogens is 498 g/mol. The zero-order valence-corrected chi connectivity index (χ0v) is 23.6. The molecule has 4 rings (SSSR count). The van der Waals surface area contributed by atoms with Gasteiger partial charge < -0.3 is 30.0 Å². The second-order valence-electron chi connectivity index (χ2n) is 10.2. The molecule has 10 nitrogen and oxygen atoms in total. The van der Waals surface area contributed by atoms with Gasteiger partial charge in [-0.1, -0.05) is 0 Å². The van der Waals surface area contributed by atoms with E-state index < -0.39 is 6.10 Å². The van der Waals surface area contributed by atoms with Crippen LogP contribution in [0.4, 0.5) is 0 Å². The minimum absolute atomic E-state index is 0.157. The van der Waals surface area contributed by atoms with Crippen LogP contribution in [0, 0.1) is 12.8 Å². The first-order valence-electron chi connectivity index (χ1n) is 13.8. The molecule has 0 saturated carbocycles. The van der Waals surface area contributed by atoms with Gasteiger partial charge in [0, 0.05) is 37.4 Å². The van der Waals surface area contributed by atoms with Crippen molar-refractivity contribution in [2.75, 3.05) is 33.5 Å². The van der Waals surface area contributed by atoms with Crippen molar-refractivity contribution >= 4 is 16.9 Å². The predicted molar refractivity (Wildman–Crippen MR) is 147 cm³/mol. The number of methoxy groups -OCH3 is 1. The molecule has 39 heavy (non-hydrogen) atoms. The van der Waals surface area contributed by atoms with E-state index in [1.165, 1.54) is 0 Å². The number of hydrogen-bond donors (Lipinski definition) is 2. The van der Waals surface area contributed by atoms with Gasteiger partial charge in [0.1, 0.15) is 17.2 Å². The van der Waals surface area contributed by atoms with Gasteiger partial charge in [-0.2, -0.15) is 0 Å². The number of carbonyl (C=O) groups is 1. The summed E-state index contributed by atoms with van der Waals surface area (Å²) in [6.45, 7) is 9.58. The molecule has 1 atom stereocenters. The number of aliphatic hydroxyl groups excluding tert-OH is 1. The highest BCUT2D eigenvalue weighted by Crippen LogP contribution is 2.24. The number of pyridine rings is 1. The highest BCUT2D eigenvalue weighted by molar-refractivity contribution is 5.78. The number of carbonyl (C=O) groups excluding carboxylic acids is 1. The molecule has 0 spiro atoms. The number of hydrogen-bond acceptors (Lipinski definition) is 7. The quantitative estimate of drug-likeness (QED) is 0.339. The van der Waals surface area contributed by atoms with Crippen LogP contribution in [0.2, 0.25) is 0 Å². The van der Waals surface area contributed by atoms with Gasteiger partial charge >= 0.3 is 0 Å². The number of ether oxygens (including phenoxy) is 3. The molecule has 0 aliphatic carbocycles. The summed E-state index contributed by atoms with van der Waals surface area (Å²) >= 11 is 0. The lowest BCUT2D eigenvalue weighted by atomic mass is 10.0. The second kappa shape index (κ2) is 13.2. The van der Waals surface area contributed by atoms with Crippen LogP contribution in [0.25, 0.3) is 11.0 Å². The van der Waals surface area contributed by atoms with Crippen LogP contribution < -0.4 is 19.8 Å². The lowest BCUT2D eigenvalue weighted by Gasteiger charge is -2.24. The number of benzene rings is 1. The number of nitrogens with zero attached hydrogens (tertiary/aromatic N) is 4. The lowest BCUT2D eigenvalue weighted by Crippen LogP contribution is -2.43. The van der Waals surface area contributed by atoms with Crippen LogP contribution >= 0.6 is 0 Å². The Morgan fingerprint density at radius 2 is 2.08 bits per heavy atom. The summed E-state index contributed by atoms with van der Waals surface area (Å²) in [4.78, 5) is 19.3. The Bertz CT molecular complexity index is 1270. The van der Waals surface area contributed by atoms with Crippen LogP contribution in [0.3, 0.4) is 0 Å². The highest BCUT2D eigenvalue weighted by Gasteiger charge is 2.27. The number of aliphatic hydroxyl groups is 1. The summed E-state index contributed by atoms with van der Waals surface area (Å²) < 4.78 is 21.5. The molecule has 3 N–H and O–H groups in total. The summed E-state index contributed by atoms with van der Waals surface area (Å²) in [5.41, 5.74) is 9.82. The van der Waals surface area contributed by atoms with Gasteiger partial charge in [-0.3, -0.25) is 9.78 Å². The van der Waals surface area contributed by atoms with Crippen LogP contribution in [0.5, 0.6) is 11.5 Å². The van der Waals surface area contributed by atoms with Crippen LogP contribution in [0.15, 0.2) is 30.3 Å². The Morgan fingerprint density at radius 1 is 1.31 bits per heavy atom. The summed E-state index contributed by atoms with van der Waals surface area (Å²) in [6.07, 6.45) is 1.40. The van der Waals surface area contributed by atoms with E-state index in [2.05, 4.69) is 27.1 Å². The highest BCUT2D eigenvalue weighted by atomic mass is 16.5. The van der Waals surface area contributed by atoms with Gasteiger partial charge in [-0.25, -0.2) is 9.13 Å². The largest absolute Gasteiger partial charge is 0.495 e. The maximum atomic E-state index is 13.2. The third-order valence-electron chi connectivity index (χ3n) is 7.26. The van der Waals surface area contributed by atoms with Crippen molar-refractivity contribution in [3.63, 3.8) is 0 Å². The lowest BCUT2D eigenvalue weighted by molar-refractivity contribution is -0.687. The van der Waals surface area contributed by atoms with Crippen molar-refractivity contribution in [1.82, 2.24) is 14.5 Å². The van der Waals surface area contributed by atoms with Gasteiger partial charge in [0.2, 0.25) is 0 Å². The Morgan fingerprint density at radius 3 is 2.74 bits per heavy atom. The fraction of sp³-hybridized carbons (Fsp3) is 0.552. The standard InChI is InChI=1S/C29H42N5O5/c1-5-33-26-14-23(7-8-25(26)34(28(33)15-30)17-22-10-12-38-13-11-22)39-19-29(36)32(16-21(3)35)18-24-27(37-4)9-6-20(2)31-24/h6-9,14,21-22,35H,5,10-13,15-19,30H2,1-4H3/q+1. The van der Waals surface area contributed by atoms with E-state index in [9.17, 15) is 9.90 Å². The fourth-order valence-electron chi connectivity index (χ4n) is 5.31. The van der Waals surface area contributed by atoms with Crippen molar-refractivity contribution in [2.24, 2.45) is 11.7 Å². The first kappa shape index (κ1) is 28.8. The van der Waals surface area contributed by atoms with E-state index in [-0.39, 0.29) is 25.6 Å². The molecule has 1 fully saturated rings. The van der Waals surface area contributed by atoms with Gasteiger partial charge in [0.15, 0.2) is 17.6 Å². The van der Waals surface area contributed by atoms with Gasteiger partial charge in [0.25, 0.3) is 11.7 Å². The molecule has 1 amide bonds. The molecule has 0 radical (unpaired) electrons. The Hall–Kier alpha value is -3.21. The van der Waals surface area contributed by atoms with E-state index in [1.807, 2.05) is 31.2 Å². The average Bonchev–Trinajstić information content (AvgIpc) is 3.23. The van der Waals surface area contributed by atoms with Crippen LogP contribution in [0.1, 0.15) is 43.9 Å². The molecule has 1 unspecified atom stereocenters. The van der Waals surface area contributed by atoms with E-state index in [4.69, 9.17) is 19.9 Å². The van der Waals surface area contributed by atoms with Gasteiger partial charge in [-0.15, -0.1) is 0 Å². The minimum Gasteiger partial charge on any atom is -0.495 e. The zero-order chi connectivity index (χ0) is 27.9. The van der Waals surface area contributed by atoms with E-state index in [0.717, 1.165) is 61.7 Å². The van der Waals surface area contributed by atoms with Crippen LogP contribution in [-0.4, -0.2) is 65.0 Å². The first-order valence-corrected chi connectivity index (χ1v) is 13.8. The molecule has 10 heteroatoms. The van der Waals surface area contributed by atoms with Crippen molar-refractivity contribution in [3.05, 3.63) is 47.5 Å². The molecule has 3 aromatic rings. The number of aromatic nitrogens is 3. The molecule has 3 heterocycles. The molecule has 1 aliphatic rings. The topological polar surface area (TPSA) is 116 Å².